The number of amides is 1. The van der Waals surface area contributed by atoms with Crippen molar-refractivity contribution in [3.05, 3.63) is 23.9 Å². The van der Waals surface area contributed by atoms with Crippen LogP contribution in [0, 0.1) is 5.92 Å². The zero-order valence-electron chi connectivity index (χ0n) is 12.9. The summed E-state index contributed by atoms with van der Waals surface area (Å²) in [6.45, 7) is 0.788. The molecule has 2 fully saturated rings. The van der Waals surface area contributed by atoms with Crippen LogP contribution in [0.1, 0.15) is 48.9 Å². The molecule has 4 nitrogen and oxygen atoms in total. The van der Waals surface area contributed by atoms with Gasteiger partial charge in [-0.25, -0.2) is 4.98 Å². The number of hydrogen-bond donors (Lipinski definition) is 1. The third-order valence-corrected chi connectivity index (χ3v) is 5.58. The van der Waals surface area contributed by atoms with Gasteiger partial charge in [0.05, 0.1) is 0 Å². The Labute approximate surface area is 136 Å². The highest BCUT2D eigenvalue weighted by Crippen LogP contribution is 2.24. The van der Waals surface area contributed by atoms with Crippen molar-refractivity contribution in [3.8, 4) is 5.88 Å². The first kappa shape index (κ1) is 15.7. The van der Waals surface area contributed by atoms with Crippen LogP contribution in [-0.4, -0.2) is 35.0 Å². The Morgan fingerprint density at radius 3 is 2.95 bits per heavy atom. The molecule has 0 bridgehead atoms. The summed E-state index contributed by atoms with van der Waals surface area (Å²) < 4.78 is 5.85. The quantitative estimate of drug-likeness (QED) is 0.904. The number of carbonyl (C=O) groups excluding carboxylic acids is 1. The van der Waals surface area contributed by atoms with E-state index in [0.717, 1.165) is 24.5 Å². The smallest absolute Gasteiger partial charge is 0.251 e. The highest BCUT2D eigenvalue weighted by molar-refractivity contribution is 7.99. The van der Waals surface area contributed by atoms with Crippen LogP contribution in [0.2, 0.25) is 0 Å². The second-order valence-electron chi connectivity index (χ2n) is 6.20. The average molecular weight is 320 g/mol. The summed E-state index contributed by atoms with van der Waals surface area (Å²) in [7, 11) is 0. The largest absolute Gasteiger partial charge is 0.473 e. The molecule has 120 valence electrons. The van der Waals surface area contributed by atoms with Crippen molar-refractivity contribution in [1.29, 1.82) is 0 Å². The van der Waals surface area contributed by atoms with Gasteiger partial charge in [0.1, 0.15) is 6.10 Å². The molecule has 1 N–H and O–H groups in total. The van der Waals surface area contributed by atoms with E-state index < -0.39 is 0 Å². The lowest BCUT2D eigenvalue weighted by atomic mass is 9.89. The molecule has 0 radical (unpaired) electrons. The van der Waals surface area contributed by atoms with Crippen molar-refractivity contribution in [2.24, 2.45) is 5.92 Å². The predicted molar refractivity (Wildman–Crippen MR) is 89.5 cm³/mol. The second kappa shape index (κ2) is 7.86. The minimum atomic E-state index is -0.0152. The number of pyridine rings is 1. The summed E-state index contributed by atoms with van der Waals surface area (Å²) in [6, 6.07) is 3.52. The first-order valence-electron chi connectivity index (χ1n) is 8.30. The lowest BCUT2D eigenvalue weighted by Gasteiger charge is -2.21. The van der Waals surface area contributed by atoms with Crippen molar-refractivity contribution in [1.82, 2.24) is 10.3 Å². The van der Waals surface area contributed by atoms with Crippen molar-refractivity contribution >= 4 is 17.7 Å². The van der Waals surface area contributed by atoms with Gasteiger partial charge >= 0.3 is 0 Å². The highest BCUT2D eigenvalue weighted by atomic mass is 32.2. The molecule has 5 heteroatoms. The van der Waals surface area contributed by atoms with Gasteiger partial charge in [-0.2, -0.15) is 11.8 Å². The Morgan fingerprint density at radius 2 is 2.18 bits per heavy atom. The summed E-state index contributed by atoms with van der Waals surface area (Å²) in [5, 5.41) is 3.06. The van der Waals surface area contributed by atoms with E-state index in [0.29, 0.717) is 17.4 Å². The summed E-state index contributed by atoms with van der Waals surface area (Å²) in [5.74, 6) is 3.36. The highest BCUT2D eigenvalue weighted by Gasteiger charge is 2.19. The van der Waals surface area contributed by atoms with E-state index in [9.17, 15) is 4.79 Å². The maximum atomic E-state index is 12.3. The van der Waals surface area contributed by atoms with Gasteiger partial charge in [-0.05, 0) is 37.0 Å². The van der Waals surface area contributed by atoms with Gasteiger partial charge in [0.25, 0.3) is 5.91 Å². The molecule has 1 saturated heterocycles. The standard InChI is InChI=1S/C17H24N2O2S/c20-17(19-11-13-4-2-1-3-5-13)14-6-8-18-16(10-14)21-15-7-9-22-12-15/h6,8,10,13,15H,1-5,7,9,11-12H2,(H,19,20). The Hall–Kier alpha value is -1.23. The maximum Gasteiger partial charge on any atom is 0.251 e. The predicted octanol–water partition coefficient (Wildman–Crippen LogP) is 3.28. The summed E-state index contributed by atoms with van der Waals surface area (Å²) >= 11 is 1.90. The zero-order chi connectivity index (χ0) is 15.2. The van der Waals surface area contributed by atoms with E-state index in [4.69, 9.17) is 4.74 Å². The molecular formula is C17H24N2O2S. The van der Waals surface area contributed by atoms with Crippen LogP contribution in [0.3, 0.4) is 0 Å². The average Bonchev–Trinajstić information content (AvgIpc) is 3.07. The molecular weight excluding hydrogens is 296 g/mol. The van der Waals surface area contributed by atoms with Gasteiger partial charge in [-0.3, -0.25) is 4.79 Å². The number of rotatable bonds is 5. The van der Waals surface area contributed by atoms with Crippen LogP contribution < -0.4 is 10.1 Å². The van der Waals surface area contributed by atoms with Gasteiger partial charge in [0, 0.05) is 30.1 Å². The number of aromatic nitrogens is 1. The molecule has 0 aromatic carbocycles. The Morgan fingerprint density at radius 1 is 1.32 bits per heavy atom. The molecule has 0 spiro atoms. The van der Waals surface area contributed by atoms with Gasteiger partial charge in [0.15, 0.2) is 0 Å². The molecule has 3 rings (SSSR count). The maximum absolute atomic E-state index is 12.3. The number of hydrogen-bond acceptors (Lipinski definition) is 4. The molecule has 1 aliphatic heterocycles. The van der Waals surface area contributed by atoms with Gasteiger partial charge in [-0.15, -0.1) is 0 Å². The number of thioether (sulfide) groups is 1. The fraction of sp³-hybridized carbons (Fsp3) is 0.647. The van der Waals surface area contributed by atoms with Crippen molar-refractivity contribution in [2.75, 3.05) is 18.1 Å². The van der Waals surface area contributed by atoms with E-state index in [1.807, 2.05) is 11.8 Å². The third kappa shape index (κ3) is 4.38. The van der Waals surface area contributed by atoms with E-state index in [1.165, 1.54) is 32.1 Å². The van der Waals surface area contributed by atoms with Crippen molar-refractivity contribution in [2.45, 2.75) is 44.6 Å². The second-order valence-corrected chi connectivity index (χ2v) is 7.35. The number of carbonyl (C=O) groups is 1. The Bertz CT molecular complexity index is 497. The molecule has 1 aromatic rings. The fourth-order valence-electron chi connectivity index (χ4n) is 3.12. The monoisotopic (exact) mass is 320 g/mol. The summed E-state index contributed by atoms with van der Waals surface area (Å²) in [4.78, 5) is 16.5. The van der Waals surface area contributed by atoms with Crippen molar-refractivity contribution < 1.29 is 9.53 Å². The first-order valence-corrected chi connectivity index (χ1v) is 9.45. The lowest BCUT2D eigenvalue weighted by Crippen LogP contribution is -2.30. The number of ether oxygens (including phenoxy) is 1. The molecule has 1 aromatic heterocycles. The van der Waals surface area contributed by atoms with Crippen molar-refractivity contribution in [3.63, 3.8) is 0 Å². The van der Waals surface area contributed by atoms with Crippen LogP contribution in [-0.2, 0) is 0 Å². The molecule has 2 heterocycles. The van der Waals surface area contributed by atoms with E-state index in [2.05, 4.69) is 10.3 Å². The van der Waals surface area contributed by atoms with Crippen LogP contribution in [0.4, 0.5) is 0 Å². The van der Waals surface area contributed by atoms with Crippen LogP contribution in [0.5, 0.6) is 5.88 Å². The molecule has 1 aliphatic carbocycles. The van der Waals surface area contributed by atoms with Gasteiger partial charge in [0.2, 0.25) is 5.88 Å². The van der Waals surface area contributed by atoms with E-state index in [1.54, 1.807) is 18.3 Å². The van der Waals surface area contributed by atoms with Crippen LogP contribution in [0.15, 0.2) is 18.3 Å². The van der Waals surface area contributed by atoms with Crippen LogP contribution in [0.25, 0.3) is 0 Å². The summed E-state index contributed by atoms with van der Waals surface area (Å²) in [5.41, 5.74) is 0.645. The topological polar surface area (TPSA) is 51.2 Å². The molecule has 2 aliphatic rings. The SMILES string of the molecule is O=C(NCC1CCCCC1)c1ccnc(OC2CCSC2)c1. The van der Waals surface area contributed by atoms with E-state index >= 15 is 0 Å². The molecule has 1 unspecified atom stereocenters. The zero-order valence-corrected chi connectivity index (χ0v) is 13.7. The first-order chi connectivity index (χ1) is 10.8. The molecule has 1 amide bonds. The fourth-order valence-corrected chi connectivity index (χ4v) is 4.22. The Balaban J connectivity index is 1.52. The molecule has 22 heavy (non-hydrogen) atoms. The van der Waals surface area contributed by atoms with Gasteiger partial charge in [-0.1, -0.05) is 19.3 Å². The molecule has 1 atom stereocenters. The minimum Gasteiger partial charge on any atom is -0.473 e. The normalized spacial score (nSPS) is 22.5. The number of nitrogens with one attached hydrogen (secondary N) is 1. The van der Waals surface area contributed by atoms with Crippen LogP contribution >= 0.6 is 11.8 Å². The van der Waals surface area contributed by atoms with E-state index in [-0.39, 0.29) is 12.0 Å². The summed E-state index contributed by atoms with van der Waals surface area (Å²) in [6.07, 6.45) is 9.37. The Kier molecular flexibility index (Phi) is 5.59. The van der Waals surface area contributed by atoms with Gasteiger partial charge < -0.3 is 10.1 Å². The third-order valence-electron chi connectivity index (χ3n) is 4.45. The number of nitrogens with zero attached hydrogens (tertiary/aromatic N) is 1. The molecule has 1 saturated carbocycles. The minimum absolute atomic E-state index is 0.0152. The lowest BCUT2D eigenvalue weighted by molar-refractivity contribution is 0.0942.